The zero-order valence-electron chi connectivity index (χ0n) is 62.3. The van der Waals surface area contributed by atoms with Gasteiger partial charge in [-0.15, -0.1) is 0 Å². The van der Waals surface area contributed by atoms with Gasteiger partial charge in [-0.2, -0.15) is 5.10 Å². The first kappa shape index (κ1) is 84.2. The number of benzene rings is 3. The van der Waals surface area contributed by atoms with Gasteiger partial charge in [-0.05, 0) is 250 Å². The normalized spacial score (nSPS) is 17.4. The van der Waals surface area contributed by atoms with Crippen molar-refractivity contribution in [3.8, 4) is 28.4 Å². The number of methoxy groups -OCH3 is 2. The van der Waals surface area contributed by atoms with E-state index in [-0.39, 0.29) is 80.6 Å². The van der Waals surface area contributed by atoms with Crippen LogP contribution < -0.4 is 41.4 Å². The number of hydrogen-bond acceptors (Lipinski definition) is 18. The van der Waals surface area contributed by atoms with Crippen molar-refractivity contribution in [2.24, 2.45) is 23.7 Å². The Bertz CT molecular complexity index is 3510. The summed E-state index contributed by atoms with van der Waals surface area (Å²) in [6.45, 7) is 10.1. The van der Waals surface area contributed by atoms with Crippen molar-refractivity contribution in [2.75, 3.05) is 111 Å². The van der Waals surface area contributed by atoms with Crippen LogP contribution in [-0.4, -0.2) is 223 Å². The van der Waals surface area contributed by atoms with Crippen molar-refractivity contribution in [1.29, 1.82) is 0 Å². The number of hydroxylamine groups is 6. The van der Waals surface area contributed by atoms with Gasteiger partial charge in [0.05, 0.1) is 31.2 Å². The topological polar surface area (TPSA) is 349 Å². The van der Waals surface area contributed by atoms with E-state index in [0.717, 1.165) is 87.9 Å². The number of carboxylic acid groups (broad SMARTS) is 1. The molecule has 105 heavy (non-hydrogen) atoms. The maximum Gasteiger partial charge on any atom is 0.330 e. The molecule has 28 nitrogen and oxygen atoms in total. The second kappa shape index (κ2) is 41.7. The highest BCUT2D eigenvalue weighted by atomic mass is 32.1. The number of thiocarbonyl (C=S) groups is 2. The third kappa shape index (κ3) is 24.7. The third-order valence-electron chi connectivity index (χ3n) is 20.3. The number of carbonyl (C=O) groups excluding carboxylic acids is 6. The highest BCUT2D eigenvalue weighted by Gasteiger charge is 2.62. The van der Waals surface area contributed by atoms with Crippen LogP contribution in [0.4, 0.5) is 11.4 Å². The molecule has 8 rings (SSSR count). The van der Waals surface area contributed by atoms with Gasteiger partial charge in [-0.1, -0.05) is 26.0 Å². The molecular formula is C75H112N14O14S2. The number of nitrogens with one attached hydrogen (secondary N) is 6. The molecule has 4 fully saturated rings. The molecule has 0 saturated heterocycles. The lowest BCUT2D eigenvalue weighted by molar-refractivity contribution is -0.166. The Hall–Kier alpha value is -8.10. The maximum atomic E-state index is 14.6. The number of carboxylic acids is 1. The number of nitrogens with zero attached hydrogens (tertiary/aromatic N) is 8. The number of ether oxygens (including phenoxy) is 2. The van der Waals surface area contributed by atoms with Crippen molar-refractivity contribution < 1.29 is 68.9 Å². The Kier molecular flexibility index (Phi) is 33.4. The number of rotatable bonds is 44. The Morgan fingerprint density at radius 1 is 0.610 bits per heavy atom. The predicted molar refractivity (Wildman–Crippen MR) is 407 cm³/mol. The minimum Gasteiger partial charge on any atom is -0.496 e. The van der Waals surface area contributed by atoms with E-state index < -0.39 is 41.4 Å². The average molecular weight is 1500 g/mol. The molecule has 4 saturated carbocycles. The van der Waals surface area contributed by atoms with Crippen molar-refractivity contribution in [3.05, 3.63) is 83.6 Å². The molecule has 0 radical (unpaired) electrons. The second-order valence-corrected chi connectivity index (χ2v) is 29.3. The fourth-order valence-electron chi connectivity index (χ4n) is 14.6. The molecule has 30 heteroatoms. The summed E-state index contributed by atoms with van der Waals surface area (Å²) in [5.41, 5.74) is 3.70. The third-order valence-corrected chi connectivity index (χ3v) is 21.0. The SMILES string of the molecule is COc1cccc(OC)c1-c1cc(C(=O)NC2(C(=O)O)C3CC4CC(C3)CC2C4)nn1-c1ccc(C(O)N(C)CCCN(C)CCCN(C)C(=S)Nc2ccc(NC(=S)NCCCCCN(O)C(=O)CCC(=O)NCCCCCN(O)C(=O)CCC(=O)NCCCCCN(O)C(C)=O)cc2)cc1C(C)C. The number of amides is 6. The number of hydrogen-bond donors (Lipinski definition) is 11. The van der Waals surface area contributed by atoms with E-state index in [1.807, 2.05) is 84.6 Å². The average Bonchev–Trinajstić information content (AvgIpc) is 1.14. The molecule has 1 unspecified atom stereocenters. The van der Waals surface area contributed by atoms with Crippen LogP contribution in [-0.2, 0) is 28.8 Å². The molecule has 6 amide bonds. The zero-order valence-corrected chi connectivity index (χ0v) is 64.0. The number of aromatic nitrogens is 2. The van der Waals surface area contributed by atoms with Gasteiger partial charge in [0.15, 0.2) is 15.9 Å². The van der Waals surface area contributed by atoms with Gasteiger partial charge < -0.3 is 61.4 Å². The Morgan fingerprint density at radius 3 is 1.62 bits per heavy atom. The largest absolute Gasteiger partial charge is 0.496 e. The maximum absolute atomic E-state index is 14.6. The summed E-state index contributed by atoms with van der Waals surface area (Å²) >= 11 is 11.3. The van der Waals surface area contributed by atoms with Crippen LogP contribution in [0.25, 0.3) is 16.9 Å². The van der Waals surface area contributed by atoms with E-state index in [1.54, 1.807) is 25.0 Å². The van der Waals surface area contributed by atoms with Crippen LogP contribution in [0.5, 0.6) is 11.5 Å². The molecule has 11 N–H and O–H groups in total. The highest BCUT2D eigenvalue weighted by Crippen LogP contribution is 2.58. The Balaban J connectivity index is 0.734. The molecule has 1 aromatic heterocycles. The molecule has 4 aromatic rings. The molecule has 4 aliphatic rings. The number of aliphatic hydroxyl groups excluding tert-OH is 1. The fourth-order valence-corrected chi connectivity index (χ4v) is 15.0. The van der Waals surface area contributed by atoms with Gasteiger partial charge in [0.2, 0.25) is 29.5 Å². The summed E-state index contributed by atoms with van der Waals surface area (Å²) in [6.07, 6.45) is 10.3. The number of aliphatic carboxylic acids is 1. The Morgan fingerprint density at radius 2 is 1.11 bits per heavy atom. The molecule has 1 atom stereocenters. The molecule has 0 aliphatic heterocycles. The molecule has 0 spiro atoms. The van der Waals surface area contributed by atoms with Crippen LogP contribution in [0.1, 0.15) is 183 Å². The summed E-state index contributed by atoms with van der Waals surface area (Å²) in [5, 5.41) is 78.6. The van der Waals surface area contributed by atoms with Crippen LogP contribution in [0.15, 0.2) is 66.7 Å². The lowest BCUT2D eigenvalue weighted by atomic mass is 9.48. The lowest BCUT2D eigenvalue weighted by Crippen LogP contribution is -2.70. The van der Waals surface area contributed by atoms with E-state index in [0.29, 0.717) is 149 Å². The van der Waals surface area contributed by atoms with E-state index >= 15 is 0 Å². The van der Waals surface area contributed by atoms with Gasteiger partial charge in [0, 0.05) is 103 Å². The summed E-state index contributed by atoms with van der Waals surface area (Å²) < 4.78 is 13.5. The van der Waals surface area contributed by atoms with Crippen molar-refractivity contribution in [1.82, 2.24) is 60.9 Å². The van der Waals surface area contributed by atoms with E-state index in [2.05, 4.69) is 57.7 Å². The first-order valence-electron chi connectivity index (χ1n) is 37.0. The first-order chi connectivity index (χ1) is 50.2. The summed E-state index contributed by atoms with van der Waals surface area (Å²) in [4.78, 5) is 94.2. The first-order valence-corrected chi connectivity index (χ1v) is 37.8. The molecular weight excluding hydrogens is 1390 g/mol. The number of unbranched alkanes of at least 4 members (excludes halogenated alkanes) is 6. The number of carbonyl (C=O) groups is 7. The molecule has 578 valence electrons. The van der Waals surface area contributed by atoms with Crippen molar-refractivity contribution in [2.45, 2.75) is 167 Å². The quantitative estimate of drug-likeness (QED) is 0.00647. The minimum absolute atomic E-state index is 0.0394. The fraction of sp³-hybridized carbons (Fsp3) is 0.600. The number of anilines is 2. The van der Waals surface area contributed by atoms with E-state index in [9.17, 15) is 59.4 Å². The molecule has 3 aromatic carbocycles. The predicted octanol–water partition coefficient (Wildman–Crippen LogP) is 8.92. The monoisotopic (exact) mass is 1500 g/mol. The summed E-state index contributed by atoms with van der Waals surface area (Å²) in [5.74, 6) is -2.02. The number of aliphatic hydroxyl groups is 1. The van der Waals surface area contributed by atoms with Gasteiger partial charge in [-0.3, -0.25) is 49.3 Å². The molecule has 1 heterocycles. The van der Waals surface area contributed by atoms with Crippen molar-refractivity contribution >= 4 is 87.4 Å². The smallest absolute Gasteiger partial charge is 0.330 e. The van der Waals surface area contributed by atoms with E-state index in [1.165, 1.54) is 6.92 Å². The molecule has 4 bridgehead atoms. The summed E-state index contributed by atoms with van der Waals surface area (Å²) in [7, 11) is 9.10. The van der Waals surface area contributed by atoms with E-state index in [4.69, 9.17) is 39.0 Å². The molecule has 4 aliphatic carbocycles. The van der Waals surface area contributed by atoms with Crippen LogP contribution in [0.3, 0.4) is 0 Å². The van der Waals surface area contributed by atoms with Gasteiger partial charge >= 0.3 is 5.97 Å². The van der Waals surface area contributed by atoms with Crippen LogP contribution >= 0.6 is 24.4 Å². The van der Waals surface area contributed by atoms with Gasteiger partial charge in [-0.25, -0.2) is 24.7 Å². The van der Waals surface area contributed by atoms with Crippen LogP contribution in [0, 0.1) is 23.7 Å². The summed E-state index contributed by atoms with van der Waals surface area (Å²) in [6, 6.07) is 20.6. The van der Waals surface area contributed by atoms with Crippen molar-refractivity contribution in [3.63, 3.8) is 0 Å². The second-order valence-electron chi connectivity index (χ2n) is 28.5. The lowest BCUT2D eigenvalue weighted by Gasteiger charge is -2.59. The minimum atomic E-state index is -1.36. The van der Waals surface area contributed by atoms with Crippen LogP contribution in [0.2, 0.25) is 0 Å². The Labute approximate surface area is 628 Å². The van der Waals surface area contributed by atoms with Gasteiger partial charge in [0.1, 0.15) is 23.3 Å². The zero-order chi connectivity index (χ0) is 76.3. The standard InChI is InChI=1S/C75H112N14O14S2/c1-50(2)59-48-54(23-28-61(59)89-62(69-63(102-7)21-18-22-64(69)103-8)49-60(82-89)70(95)81-75(72(97)98)55-44-52-43-53(46-55)47-56(75)45-52)71(96)84(5)38-19-36-83(4)37-20-39-85(6)74(105)80-58-26-24-57(25-27-58)79-73(104)78-35-14-11-17-42-88(101)68(94)32-30-66(92)77-34-13-10-16-41-87(100)67(93)31-29-65(91)76-33-12-9-15-40-86(99)51(3)90/h18,21-28,48-50,52-53,55-56,71,96,99-101H,9-17,19-20,29-47H2,1-8H3,(H,76,91)(H,77,92)(H,80,105)(H,81,95)(H,97,98)(H2,78,79,104). The van der Waals surface area contributed by atoms with Gasteiger partial charge in [0.25, 0.3) is 5.91 Å². The highest BCUT2D eigenvalue weighted by molar-refractivity contribution is 7.80.